The standard InChI is InChI=1S/C24H31NO7/c1-16(32-19-7-5-17(6-8-19)14-22(31-4)24(27)28)13-23(26)25-12-11-18-15-20(29-2)9-10-21(18)30-3/h5-10,15-16,22H,11-14H2,1-4H3,(H,25,26)(H,27,28)/t16?,22-/m0/s1. The predicted molar refractivity (Wildman–Crippen MR) is 120 cm³/mol. The lowest BCUT2D eigenvalue weighted by Gasteiger charge is -2.16. The first-order valence-corrected chi connectivity index (χ1v) is 10.3. The summed E-state index contributed by atoms with van der Waals surface area (Å²) in [6.45, 7) is 2.29. The molecule has 2 atom stereocenters. The first-order chi connectivity index (χ1) is 15.4. The highest BCUT2D eigenvalue weighted by molar-refractivity contribution is 5.76. The molecule has 2 rings (SSSR count). The number of nitrogens with one attached hydrogen (secondary N) is 1. The highest BCUT2D eigenvalue weighted by Crippen LogP contribution is 2.24. The zero-order valence-corrected chi connectivity index (χ0v) is 18.9. The van der Waals surface area contributed by atoms with Gasteiger partial charge in [-0.2, -0.15) is 0 Å². The molecule has 0 fully saturated rings. The predicted octanol–water partition coefficient (Wildman–Crippen LogP) is 2.86. The molecule has 0 saturated heterocycles. The third kappa shape index (κ3) is 7.77. The van der Waals surface area contributed by atoms with Gasteiger partial charge in [0.2, 0.25) is 5.91 Å². The Kier molecular flexibility index (Phi) is 9.81. The maximum atomic E-state index is 12.3. The fraction of sp³-hybridized carbons (Fsp3) is 0.417. The molecule has 32 heavy (non-hydrogen) atoms. The monoisotopic (exact) mass is 445 g/mol. The molecule has 2 aromatic rings. The molecule has 1 unspecified atom stereocenters. The van der Waals surface area contributed by atoms with Crippen molar-refractivity contribution in [1.82, 2.24) is 5.32 Å². The molecule has 0 spiro atoms. The summed E-state index contributed by atoms with van der Waals surface area (Å²) in [7, 11) is 4.59. The summed E-state index contributed by atoms with van der Waals surface area (Å²) in [4.78, 5) is 23.3. The Morgan fingerprint density at radius 1 is 1.00 bits per heavy atom. The van der Waals surface area contributed by atoms with Crippen LogP contribution in [0.25, 0.3) is 0 Å². The summed E-state index contributed by atoms with van der Waals surface area (Å²) < 4.78 is 21.4. The Hall–Kier alpha value is -3.26. The van der Waals surface area contributed by atoms with Gasteiger partial charge in [0.15, 0.2) is 6.10 Å². The van der Waals surface area contributed by atoms with Crippen molar-refractivity contribution < 1.29 is 33.6 Å². The average Bonchev–Trinajstić information content (AvgIpc) is 2.78. The number of rotatable bonds is 13. The maximum absolute atomic E-state index is 12.3. The molecular formula is C24H31NO7. The van der Waals surface area contributed by atoms with Gasteiger partial charge in [0, 0.05) is 20.1 Å². The molecule has 2 N–H and O–H groups in total. The Labute approximate surface area is 188 Å². The van der Waals surface area contributed by atoms with Crippen LogP contribution in [0.1, 0.15) is 24.5 Å². The van der Waals surface area contributed by atoms with Crippen molar-refractivity contribution in [3.63, 3.8) is 0 Å². The summed E-state index contributed by atoms with van der Waals surface area (Å²) in [5, 5.41) is 12.0. The van der Waals surface area contributed by atoms with E-state index in [1.807, 2.05) is 25.1 Å². The lowest BCUT2D eigenvalue weighted by molar-refractivity contribution is -0.148. The van der Waals surface area contributed by atoms with E-state index in [1.165, 1.54) is 7.11 Å². The average molecular weight is 446 g/mol. The van der Waals surface area contributed by atoms with Gasteiger partial charge in [0.1, 0.15) is 23.4 Å². The number of amides is 1. The van der Waals surface area contributed by atoms with Crippen molar-refractivity contribution in [3.05, 3.63) is 53.6 Å². The Bertz CT molecular complexity index is 882. The van der Waals surface area contributed by atoms with Gasteiger partial charge in [-0.25, -0.2) is 4.79 Å². The van der Waals surface area contributed by atoms with Crippen LogP contribution in [-0.4, -0.2) is 57.1 Å². The number of carboxylic acid groups (broad SMARTS) is 1. The number of benzene rings is 2. The SMILES string of the molecule is COc1ccc(OC)c(CCNC(=O)CC(C)Oc2ccc(C[C@H](OC)C(=O)O)cc2)c1. The van der Waals surface area contributed by atoms with Crippen LogP contribution in [0, 0.1) is 0 Å². The van der Waals surface area contributed by atoms with E-state index < -0.39 is 12.1 Å². The van der Waals surface area contributed by atoms with Crippen LogP contribution >= 0.6 is 0 Å². The molecule has 8 heteroatoms. The number of hydrogen-bond donors (Lipinski definition) is 2. The van der Waals surface area contributed by atoms with Gasteiger partial charge in [0.25, 0.3) is 0 Å². The summed E-state index contributed by atoms with van der Waals surface area (Å²) in [6, 6.07) is 12.7. The van der Waals surface area contributed by atoms with Crippen LogP contribution in [0.4, 0.5) is 0 Å². The molecule has 0 aliphatic carbocycles. The molecule has 2 aromatic carbocycles. The number of ether oxygens (including phenoxy) is 4. The van der Waals surface area contributed by atoms with Crippen LogP contribution in [0.2, 0.25) is 0 Å². The fourth-order valence-corrected chi connectivity index (χ4v) is 3.21. The topological polar surface area (TPSA) is 103 Å². The Morgan fingerprint density at radius 2 is 1.69 bits per heavy atom. The highest BCUT2D eigenvalue weighted by atomic mass is 16.5. The Balaban J connectivity index is 1.79. The van der Waals surface area contributed by atoms with E-state index in [1.54, 1.807) is 38.5 Å². The lowest BCUT2D eigenvalue weighted by Crippen LogP contribution is -2.30. The molecule has 0 aliphatic heterocycles. The minimum Gasteiger partial charge on any atom is -0.497 e. The molecule has 0 radical (unpaired) electrons. The number of aliphatic carboxylic acids is 1. The molecular weight excluding hydrogens is 414 g/mol. The van der Waals surface area contributed by atoms with E-state index in [2.05, 4.69) is 5.32 Å². The quantitative estimate of drug-likeness (QED) is 0.489. The summed E-state index contributed by atoms with van der Waals surface area (Å²) >= 11 is 0. The van der Waals surface area contributed by atoms with Gasteiger partial charge in [-0.3, -0.25) is 4.79 Å². The third-order valence-electron chi connectivity index (χ3n) is 4.92. The molecule has 0 heterocycles. The van der Waals surface area contributed by atoms with E-state index in [4.69, 9.17) is 24.1 Å². The third-order valence-corrected chi connectivity index (χ3v) is 4.92. The van der Waals surface area contributed by atoms with Crippen molar-refractivity contribution in [3.8, 4) is 17.2 Å². The van der Waals surface area contributed by atoms with Crippen molar-refractivity contribution in [1.29, 1.82) is 0 Å². The Morgan fingerprint density at radius 3 is 2.28 bits per heavy atom. The van der Waals surface area contributed by atoms with Crippen LogP contribution < -0.4 is 19.5 Å². The normalized spacial score (nSPS) is 12.5. The highest BCUT2D eigenvalue weighted by Gasteiger charge is 2.17. The van der Waals surface area contributed by atoms with Crippen LogP contribution in [0.5, 0.6) is 17.2 Å². The fourth-order valence-electron chi connectivity index (χ4n) is 3.21. The van der Waals surface area contributed by atoms with E-state index in [0.717, 1.165) is 22.6 Å². The number of hydrogen-bond acceptors (Lipinski definition) is 6. The van der Waals surface area contributed by atoms with Gasteiger partial charge >= 0.3 is 5.97 Å². The van der Waals surface area contributed by atoms with E-state index in [-0.39, 0.29) is 24.9 Å². The minimum absolute atomic E-state index is 0.111. The molecule has 8 nitrogen and oxygen atoms in total. The second kappa shape index (κ2) is 12.6. The molecule has 0 bridgehead atoms. The molecule has 0 aliphatic rings. The van der Waals surface area contributed by atoms with E-state index in [0.29, 0.717) is 18.7 Å². The van der Waals surface area contributed by atoms with Gasteiger partial charge in [-0.15, -0.1) is 0 Å². The number of methoxy groups -OCH3 is 3. The van der Waals surface area contributed by atoms with Gasteiger partial charge in [0.05, 0.1) is 20.6 Å². The van der Waals surface area contributed by atoms with Crippen LogP contribution in [-0.2, 0) is 27.2 Å². The molecule has 0 saturated carbocycles. The minimum atomic E-state index is -1.00. The van der Waals surface area contributed by atoms with Gasteiger partial charge < -0.3 is 29.4 Å². The van der Waals surface area contributed by atoms with Gasteiger partial charge in [-0.1, -0.05) is 12.1 Å². The zero-order valence-electron chi connectivity index (χ0n) is 18.9. The van der Waals surface area contributed by atoms with Crippen molar-refractivity contribution in [2.75, 3.05) is 27.9 Å². The smallest absolute Gasteiger partial charge is 0.333 e. The van der Waals surface area contributed by atoms with Crippen molar-refractivity contribution >= 4 is 11.9 Å². The number of carbonyl (C=O) groups excluding carboxylic acids is 1. The van der Waals surface area contributed by atoms with Crippen LogP contribution in [0.3, 0.4) is 0 Å². The first kappa shape index (κ1) is 25.0. The van der Waals surface area contributed by atoms with Crippen molar-refractivity contribution in [2.45, 2.75) is 38.4 Å². The van der Waals surface area contributed by atoms with Crippen LogP contribution in [0.15, 0.2) is 42.5 Å². The zero-order chi connectivity index (χ0) is 23.5. The summed E-state index contributed by atoms with van der Waals surface area (Å²) in [5.41, 5.74) is 1.78. The van der Waals surface area contributed by atoms with E-state index >= 15 is 0 Å². The summed E-state index contributed by atoms with van der Waals surface area (Å²) in [6.07, 6.45) is -0.120. The van der Waals surface area contributed by atoms with E-state index in [9.17, 15) is 9.59 Å². The summed E-state index contributed by atoms with van der Waals surface area (Å²) in [5.74, 6) is 0.985. The number of carbonyl (C=O) groups is 2. The largest absolute Gasteiger partial charge is 0.497 e. The molecule has 1 amide bonds. The molecule has 174 valence electrons. The van der Waals surface area contributed by atoms with Crippen molar-refractivity contribution in [2.24, 2.45) is 0 Å². The maximum Gasteiger partial charge on any atom is 0.333 e. The van der Waals surface area contributed by atoms with Gasteiger partial charge in [-0.05, 0) is 54.8 Å². The number of carboxylic acids is 1. The second-order valence-electron chi connectivity index (χ2n) is 7.32. The first-order valence-electron chi connectivity index (χ1n) is 10.3. The lowest BCUT2D eigenvalue weighted by atomic mass is 10.1. The molecule has 0 aromatic heterocycles. The second-order valence-corrected chi connectivity index (χ2v) is 7.32.